The fourth-order valence-electron chi connectivity index (χ4n) is 3.26. The average molecular weight is 327 g/mol. The molecule has 23 heavy (non-hydrogen) atoms. The van der Waals surface area contributed by atoms with E-state index in [1.165, 1.54) is 36.2 Å². The molecule has 0 radical (unpaired) electrons. The molecule has 2 N–H and O–H groups in total. The van der Waals surface area contributed by atoms with Crippen LogP contribution < -0.4 is 10.6 Å². The van der Waals surface area contributed by atoms with Crippen LogP contribution in [-0.2, 0) is 5.41 Å². The molecule has 1 aromatic carbocycles. The zero-order valence-corrected chi connectivity index (χ0v) is 13.9. The molecule has 2 aliphatic carbocycles. The molecule has 2 aromatic rings. The van der Waals surface area contributed by atoms with Crippen molar-refractivity contribution >= 4 is 22.5 Å². The summed E-state index contributed by atoms with van der Waals surface area (Å²) >= 11 is 1.51. The fourth-order valence-corrected chi connectivity index (χ4v) is 4.05. The van der Waals surface area contributed by atoms with Gasteiger partial charge in [0.2, 0.25) is 0 Å². The number of aromatic nitrogens is 1. The number of thiazole rings is 1. The lowest BCUT2D eigenvalue weighted by atomic mass is 9.64. The van der Waals surface area contributed by atoms with Crippen LogP contribution in [0.25, 0.3) is 0 Å². The van der Waals surface area contributed by atoms with Crippen LogP contribution in [0.1, 0.15) is 49.3 Å². The number of amides is 2. The Kier molecular flexibility index (Phi) is 3.81. The maximum absolute atomic E-state index is 12.2. The second-order valence-corrected chi connectivity index (χ2v) is 7.52. The van der Waals surface area contributed by atoms with Gasteiger partial charge in [-0.15, -0.1) is 11.3 Å². The van der Waals surface area contributed by atoms with Crippen molar-refractivity contribution in [2.75, 3.05) is 11.9 Å². The van der Waals surface area contributed by atoms with Crippen molar-refractivity contribution < 1.29 is 4.79 Å². The highest BCUT2D eigenvalue weighted by Crippen LogP contribution is 2.43. The van der Waals surface area contributed by atoms with Gasteiger partial charge in [0.05, 0.1) is 5.69 Å². The minimum Gasteiger partial charge on any atom is -0.337 e. The van der Waals surface area contributed by atoms with E-state index in [1.54, 1.807) is 0 Å². The summed E-state index contributed by atoms with van der Waals surface area (Å²) in [5.41, 5.74) is 2.57. The van der Waals surface area contributed by atoms with Gasteiger partial charge in [0, 0.05) is 23.3 Å². The highest BCUT2D eigenvalue weighted by atomic mass is 32.1. The average Bonchev–Trinajstić information content (AvgIpc) is 3.28. The van der Waals surface area contributed by atoms with Crippen molar-refractivity contribution in [3.8, 4) is 0 Å². The monoisotopic (exact) mass is 327 g/mol. The summed E-state index contributed by atoms with van der Waals surface area (Å²) in [5, 5.41) is 8.68. The Labute approximate surface area is 140 Å². The molecule has 1 aromatic heterocycles. The van der Waals surface area contributed by atoms with Crippen LogP contribution in [0.15, 0.2) is 35.7 Å². The van der Waals surface area contributed by atoms with E-state index in [0.717, 1.165) is 18.5 Å². The maximum atomic E-state index is 12.2. The number of benzene rings is 1. The zero-order chi connectivity index (χ0) is 15.7. The second-order valence-electron chi connectivity index (χ2n) is 6.66. The van der Waals surface area contributed by atoms with Crippen LogP contribution in [0, 0.1) is 0 Å². The molecule has 2 saturated carbocycles. The number of hydrogen-bond acceptors (Lipinski definition) is 3. The summed E-state index contributed by atoms with van der Waals surface area (Å²) in [5.74, 6) is 0.626. The number of nitrogens with zero attached hydrogens (tertiary/aromatic N) is 1. The molecule has 0 aliphatic heterocycles. The summed E-state index contributed by atoms with van der Waals surface area (Å²) in [4.78, 5) is 16.7. The van der Waals surface area contributed by atoms with Gasteiger partial charge in [0.1, 0.15) is 0 Å². The van der Waals surface area contributed by atoms with Crippen LogP contribution in [0.4, 0.5) is 9.93 Å². The quantitative estimate of drug-likeness (QED) is 0.862. The van der Waals surface area contributed by atoms with Gasteiger partial charge in [0.15, 0.2) is 5.13 Å². The van der Waals surface area contributed by atoms with E-state index in [4.69, 9.17) is 0 Å². The van der Waals surface area contributed by atoms with Crippen molar-refractivity contribution in [1.29, 1.82) is 0 Å². The lowest BCUT2D eigenvalue weighted by Gasteiger charge is -2.42. The molecular weight excluding hydrogens is 306 g/mol. The van der Waals surface area contributed by atoms with E-state index < -0.39 is 0 Å². The predicted molar refractivity (Wildman–Crippen MR) is 93.1 cm³/mol. The molecule has 0 atom stereocenters. The van der Waals surface area contributed by atoms with E-state index in [0.29, 0.717) is 17.6 Å². The standard InChI is InChI=1S/C18H21N3OS/c22-16(21-17-20-15(11-23-17)13-7-8-13)19-12-18(9-4-10-18)14-5-2-1-3-6-14/h1-3,5-6,11,13H,4,7-10,12H2,(H2,19,20,21,22). The molecule has 5 heteroatoms. The van der Waals surface area contributed by atoms with E-state index in [-0.39, 0.29) is 11.4 Å². The Morgan fingerprint density at radius 3 is 2.70 bits per heavy atom. The number of urea groups is 1. The molecule has 4 nitrogen and oxygen atoms in total. The van der Waals surface area contributed by atoms with Gasteiger partial charge in [-0.1, -0.05) is 36.8 Å². The molecule has 2 aliphatic rings. The lowest BCUT2D eigenvalue weighted by molar-refractivity contribution is 0.222. The minimum absolute atomic E-state index is 0.112. The topological polar surface area (TPSA) is 54.0 Å². The van der Waals surface area contributed by atoms with Gasteiger partial charge in [-0.2, -0.15) is 0 Å². The first-order chi connectivity index (χ1) is 11.3. The van der Waals surface area contributed by atoms with E-state index in [1.807, 2.05) is 6.07 Å². The normalized spacial score (nSPS) is 19.0. The van der Waals surface area contributed by atoms with Crippen LogP contribution >= 0.6 is 11.3 Å². The number of hydrogen-bond donors (Lipinski definition) is 2. The number of carbonyl (C=O) groups excluding carboxylic acids is 1. The van der Waals surface area contributed by atoms with Crippen LogP contribution in [0.5, 0.6) is 0 Å². The summed E-state index contributed by atoms with van der Waals surface area (Å²) in [6.07, 6.45) is 5.97. The van der Waals surface area contributed by atoms with Gasteiger partial charge >= 0.3 is 6.03 Å². The lowest BCUT2D eigenvalue weighted by Crippen LogP contribution is -2.46. The highest BCUT2D eigenvalue weighted by molar-refractivity contribution is 7.13. The van der Waals surface area contributed by atoms with Crippen molar-refractivity contribution in [2.24, 2.45) is 0 Å². The number of nitrogens with one attached hydrogen (secondary N) is 2. The summed E-state index contributed by atoms with van der Waals surface area (Å²) in [6.45, 7) is 0.684. The van der Waals surface area contributed by atoms with E-state index >= 15 is 0 Å². The maximum Gasteiger partial charge on any atom is 0.321 e. The summed E-state index contributed by atoms with van der Waals surface area (Å²) in [6, 6.07) is 10.4. The smallest absolute Gasteiger partial charge is 0.321 e. The third kappa shape index (κ3) is 3.11. The first-order valence-corrected chi connectivity index (χ1v) is 9.19. The zero-order valence-electron chi connectivity index (χ0n) is 13.0. The second kappa shape index (κ2) is 5.96. The third-order valence-electron chi connectivity index (χ3n) is 5.02. The summed E-state index contributed by atoms with van der Waals surface area (Å²) in [7, 11) is 0. The summed E-state index contributed by atoms with van der Waals surface area (Å²) < 4.78 is 0. The fraction of sp³-hybridized carbons (Fsp3) is 0.444. The molecule has 4 rings (SSSR count). The molecule has 0 unspecified atom stereocenters. The van der Waals surface area contributed by atoms with Gasteiger partial charge in [-0.25, -0.2) is 9.78 Å². The SMILES string of the molecule is O=C(NCC1(c2ccccc2)CCC1)Nc1nc(C2CC2)cs1. The molecule has 0 bridgehead atoms. The van der Waals surface area contributed by atoms with Crippen LogP contribution in [-0.4, -0.2) is 17.6 Å². The van der Waals surface area contributed by atoms with E-state index in [2.05, 4.69) is 45.3 Å². The van der Waals surface area contributed by atoms with Gasteiger partial charge in [0.25, 0.3) is 0 Å². The Morgan fingerprint density at radius 2 is 2.04 bits per heavy atom. The van der Waals surface area contributed by atoms with Gasteiger partial charge in [-0.3, -0.25) is 5.32 Å². The Hall–Kier alpha value is -1.88. The predicted octanol–water partition coefficient (Wildman–Crippen LogP) is 4.26. The first kappa shape index (κ1) is 14.7. The van der Waals surface area contributed by atoms with Crippen LogP contribution in [0.3, 0.4) is 0 Å². The van der Waals surface area contributed by atoms with Crippen molar-refractivity contribution in [3.63, 3.8) is 0 Å². The first-order valence-electron chi connectivity index (χ1n) is 8.31. The van der Waals surface area contributed by atoms with Gasteiger partial charge in [-0.05, 0) is 31.2 Å². The Bertz CT molecular complexity index is 689. The molecule has 0 saturated heterocycles. The Morgan fingerprint density at radius 1 is 1.26 bits per heavy atom. The number of anilines is 1. The molecule has 1 heterocycles. The van der Waals surface area contributed by atoms with Crippen molar-refractivity contribution in [2.45, 2.75) is 43.4 Å². The molecular formula is C18H21N3OS. The largest absolute Gasteiger partial charge is 0.337 e. The minimum atomic E-state index is -0.149. The molecule has 0 spiro atoms. The molecule has 2 amide bonds. The van der Waals surface area contributed by atoms with Crippen LogP contribution in [0.2, 0.25) is 0 Å². The van der Waals surface area contributed by atoms with Crippen molar-refractivity contribution in [3.05, 3.63) is 47.0 Å². The molecule has 120 valence electrons. The highest BCUT2D eigenvalue weighted by Gasteiger charge is 2.38. The van der Waals surface area contributed by atoms with Crippen molar-refractivity contribution in [1.82, 2.24) is 10.3 Å². The molecule has 2 fully saturated rings. The van der Waals surface area contributed by atoms with Gasteiger partial charge < -0.3 is 5.32 Å². The number of carbonyl (C=O) groups is 1. The third-order valence-corrected chi connectivity index (χ3v) is 5.80. The van der Waals surface area contributed by atoms with E-state index in [9.17, 15) is 4.79 Å². The number of rotatable bonds is 5. The Balaban J connectivity index is 1.35.